The lowest BCUT2D eigenvalue weighted by Crippen LogP contribution is -2.50. The average Bonchev–Trinajstić information content (AvgIpc) is 2.00. The fraction of sp³-hybridized carbons (Fsp3) is 0.875. The van der Waals surface area contributed by atoms with E-state index in [1.54, 1.807) is 4.90 Å². The largest absolute Gasteiger partial charge is 0.344 e. The third-order valence-corrected chi connectivity index (χ3v) is 2.27. The highest BCUT2D eigenvalue weighted by Crippen LogP contribution is 2.13. The van der Waals surface area contributed by atoms with Crippen molar-refractivity contribution >= 4 is 5.91 Å². The van der Waals surface area contributed by atoms with E-state index in [1.165, 1.54) is 0 Å². The lowest BCUT2D eigenvalue weighted by Gasteiger charge is -2.38. The van der Waals surface area contributed by atoms with E-state index in [4.69, 9.17) is 5.73 Å². The van der Waals surface area contributed by atoms with Gasteiger partial charge in [0.2, 0.25) is 5.91 Å². The molecule has 0 spiro atoms. The average molecular weight is 171 g/mol. The molecule has 0 unspecified atom stereocenters. The van der Waals surface area contributed by atoms with Gasteiger partial charge in [-0.05, 0) is 7.05 Å². The van der Waals surface area contributed by atoms with Crippen molar-refractivity contribution in [1.29, 1.82) is 0 Å². The Labute approximate surface area is 73.3 Å². The molecule has 0 bridgehead atoms. The minimum atomic E-state index is 0.0320. The summed E-state index contributed by atoms with van der Waals surface area (Å²) < 4.78 is 0. The van der Waals surface area contributed by atoms with Gasteiger partial charge < -0.3 is 15.5 Å². The van der Waals surface area contributed by atoms with Crippen molar-refractivity contribution < 1.29 is 4.79 Å². The van der Waals surface area contributed by atoms with Gasteiger partial charge in [0.05, 0.1) is 6.54 Å². The molecule has 4 heteroatoms. The molecule has 1 rings (SSSR count). The number of hydrogen-bond acceptors (Lipinski definition) is 3. The van der Waals surface area contributed by atoms with Crippen LogP contribution in [0.15, 0.2) is 0 Å². The maximum atomic E-state index is 11.1. The van der Waals surface area contributed by atoms with E-state index in [0.29, 0.717) is 5.92 Å². The fourth-order valence-electron chi connectivity index (χ4n) is 1.59. The van der Waals surface area contributed by atoms with Gasteiger partial charge in [-0.25, -0.2) is 0 Å². The van der Waals surface area contributed by atoms with Gasteiger partial charge >= 0.3 is 0 Å². The number of nitrogens with two attached hydrogens (primary N) is 1. The number of amides is 1. The van der Waals surface area contributed by atoms with Gasteiger partial charge in [0.1, 0.15) is 0 Å². The van der Waals surface area contributed by atoms with E-state index in [0.717, 1.165) is 19.6 Å². The van der Waals surface area contributed by atoms with Crippen molar-refractivity contribution in [2.45, 2.75) is 0 Å². The van der Waals surface area contributed by atoms with Crippen molar-refractivity contribution in [3.8, 4) is 0 Å². The second-order valence-corrected chi connectivity index (χ2v) is 3.57. The zero-order valence-electron chi connectivity index (χ0n) is 7.79. The minimum absolute atomic E-state index is 0.0320. The number of likely N-dealkylation sites (tertiary alicyclic amines) is 1. The number of nitrogens with zero attached hydrogens (tertiary/aromatic N) is 2. The van der Waals surface area contributed by atoms with Crippen molar-refractivity contribution in [2.24, 2.45) is 11.7 Å². The summed E-state index contributed by atoms with van der Waals surface area (Å²) in [7, 11) is 3.90. The smallest absolute Gasteiger partial charge is 0.236 e. The molecule has 0 aromatic rings. The first-order valence-electron chi connectivity index (χ1n) is 4.26. The number of hydrogen-bond donors (Lipinski definition) is 1. The molecule has 0 aliphatic carbocycles. The molecule has 2 N–H and O–H groups in total. The predicted octanol–water partition coefficient (Wildman–Crippen LogP) is -1.03. The molecule has 4 nitrogen and oxygen atoms in total. The van der Waals surface area contributed by atoms with Gasteiger partial charge in [-0.1, -0.05) is 0 Å². The Kier molecular flexibility index (Phi) is 3.05. The molecule has 0 aromatic carbocycles. The van der Waals surface area contributed by atoms with E-state index in [1.807, 2.05) is 7.05 Å². The third-order valence-electron chi connectivity index (χ3n) is 2.27. The fourth-order valence-corrected chi connectivity index (χ4v) is 1.59. The van der Waals surface area contributed by atoms with Crippen LogP contribution >= 0.6 is 0 Å². The summed E-state index contributed by atoms with van der Waals surface area (Å²) in [6.07, 6.45) is 0. The summed E-state index contributed by atoms with van der Waals surface area (Å²) in [4.78, 5) is 15.0. The van der Waals surface area contributed by atoms with E-state index >= 15 is 0 Å². The number of likely N-dealkylation sites (N-methyl/N-ethyl adjacent to an activating group) is 1. The molecule has 1 aliphatic heterocycles. The second-order valence-electron chi connectivity index (χ2n) is 3.57. The van der Waals surface area contributed by atoms with Crippen LogP contribution in [0.4, 0.5) is 0 Å². The molecule has 1 fully saturated rings. The van der Waals surface area contributed by atoms with Gasteiger partial charge in [-0.3, -0.25) is 4.79 Å². The molecule has 1 aliphatic rings. The van der Waals surface area contributed by atoms with E-state index in [2.05, 4.69) is 11.9 Å². The highest BCUT2D eigenvalue weighted by Gasteiger charge is 2.25. The Balaban J connectivity index is 2.18. The molecule has 0 radical (unpaired) electrons. The topological polar surface area (TPSA) is 49.6 Å². The van der Waals surface area contributed by atoms with Crippen molar-refractivity contribution in [3.05, 3.63) is 0 Å². The standard InChI is InChI=1S/C8H17N3O/c1-10-4-7(5-10)6-11(2)8(12)3-9/h7H,3-6,9H2,1-2H3. The van der Waals surface area contributed by atoms with Crippen LogP contribution in [0, 0.1) is 5.92 Å². The van der Waals surface area contributed by atoms with Crippen LogP contribution in [-0.4, -0.2) is 56.0 Å². The van der Waals surface area contributed by atoms with Crippen LogP contribution < -0.4 is 5.73 Å². The molecular formula is C8H17N3O. The molecule has 1 heterocycles. The first-order valence-corrected chi connectivity index (χ1v) is 4.26. The Morgan fingerprint density at radius 1 is 1.67 bits per heavy atom. The van der Waals surface area contributed by atoms with Crippen LogP contribution in [0.25, 0.3) is 0 Å². The lowest BCUT2D eigenvalue weighted by molar-refractivity contribution is -0.129. The van der Waals surface area contributed by atoms with Gasteiger partial charge in [0, 0.05) is 32.6 Å². The van der Waals surface area contributed by atoms with Gasteiger partial charge in [-0.15, -0.1) is 0 Å². The highest BCUT2D eigenvalue weighted by molar-refractivity contribution is 5.77. The predicted molar refractivity (Wildman–Crippen MR) is 47.7 cm³/mol. The molecule has 70 valence electrons. The van der Waals surface area contributed by atoms with Crippen LogP contribution in [0.3, 0.4) is 0 Å². The summed E-state index contributed by atoms with van der Waals surface area (Å²) in [6.45, 7) is 3.17. The third kappa shape index (κ3) is 2.19. The monoisotopic (exact) mass is 171 g/mol. The van der Waals surface area contributed by atoms with E-state index in [-0.39, 0.29) is 12.5 Å². The van der Waals surface area contributed by atoms with E-state index < -0.39 is 0 Å². The van der Waals surface area contributed by atoms with Gasteiger partial charge in [-0.2, -0.15) is 0 Å². The first-order chi connectivity index (χ1) is 5.63. The maximum Gasteiger partial charge on any atom is 0.236 e. The highest BCUT2D eigenvalue weighted by atomic mass is 16.2. The summed E-state index contributed by atoms with van der Waals surface area (Å²) in [5.74, 6) is 0.681. The zero-order valence-corrected chi connectivity index (χ0v) is 7.79. The summed E-state index contributed by atoms with van der Waals surface area (Å²) in [6, 6.07) is 0. The van der Waals surface area contributed by atoms with Gasteiger partial charge in [0.15, 0.2) is 0 Å². The Hall–Kier alpha value is -0.610. The number of carbonyl (C=O) groups is 1. The normalized spacial score (nSPS) is 18.9. The van der Waals surface area contributed by atoms with Crippen molar-refractivity contribution in [3.63, 3.8) is 0 Å². The molecule has 0 saturated carbocycles. The van der Waals surface area contributed by atoms with Gasteiger partial charge in [0.25, 0.3) is 0 Å². The summed E-state index contributed by atoms with van der Waals surface area (Å²) in [5.41, 5.74) is 5.23. The van der Waals surface area contributed by atoms with Crippen LogP contribution in [0.1, 0.15) is 0 Å². The quantitative estimate of drug-likeness (QED) is 0.590. The Morgan fingerprint density at radius 2 is 2.25 bits per heavy atom. The molecule has 0 atom stereocenters. The molecule has 1 amide bonds. The zero-order chi connectivity index (χ0) is 9.14. The second kappa shape index (κ2) is 3.87. The molecular weight excluding hydrogens is 154 g/mol. The first kappa shape index (κ1) is 9.48. The maximum absolute atomic E-state index is 11.1. The Bertz CT molecular complexity index is 166. The van der Waals surface area contributed by atoms with Crippen molar-refractivity contribution in [2.75, 3.05) is 40.3 Å². The molecule has 0 aromatic heterocycles. The Morgan fingerprint density at radius 3 is 2.67 bits per heavy atom. The number of carbonyl (C=O) groups excluding carboxylic acids is 1. The SMILES string of the molecule is CN1CC(CN(C)C(=O)CN)C1. The van der Waals surface area contributed by atoms with Crippen LogP contribution in [0.5, 0.6) is 0 Å². The minimum Gasteiger partial charge on any atom is -0.344 e. The van der Waals surface area contributed by atoms with Crippen molar-refractivity contribution in [1.82, 2.24) is 9.80 Å². The van der Waals surface area contributed by atoms with E-state index in [9.17, 15) is 4.79 Å². The molecule has 1 saturated heterocycles. The molecule has 12 heavy (non-hydrogen) atoms. The summed E-state index contributed by atoms with van der Waals surface area (Å²) in [5, 5.41) is 0. The van der Waals surface area contributed by atoms with Crippen LogP contribution in [-0.2, 0) is 4.79 Å². The van der Waals surface area contributed by atoms with Crippen LogP contribution in [0.2, 0.25) is 0 Å². The lowest BCUT2D eigenvalue weighted by atomic mass is 10.0. The summed E-state index contributed by atoms with van der Waals surface area (Å²) >= 11 is 0. The number of rotatable bonds is 3.